The Bertz CT molecular complexity index is 619. The van der Waals surface area contributed by atoms with Gasteiger partial charge in [-0.25, -0.2) is 9.59 Å². The third kappa shape index (κ3) is 4.48. The molecule has 0 aromatic heterocycles. The average Bonchev–Trinajstić information content (AvgIpc) is 2.53. The van der Waals surface area contributed by atoms with Crippen molar-refractivity contribution in [1.29, 1.82) is 0 Å². The Kier molecular flexibility index (Phi) is 4.93. The number of rotatable bonds is 2. The number of amides is 1. The van der Waals surface area contributed by atoms with Crippen LogP contribution in [0.25, 0.3) is 0 Å². The van der Waals surface area contributed by atoms with Gasteiger partial charge in [-0.3, -0.25) is 4.90 Å². The quantitative estimate of drug-likeness (QED) is 0.730. The van der Waals surface area contributed by atoms with Gasteiger partial charge in [-0.15, -0.1) is 0 Å². The topological polar surface area (TPSA) is 65.1 Å². The summed E-state index contributed by atoms with van der Waals surface area (Å²) in [7, 11) is 1.25. The van der Waals surface area contributed by atoms with Crippen molar-refractivity contribution >= 4 is 12.1 Å². The monoisotopic (exact) mass is 319 g/mol. The Labute approximate surface area is 135 Å². The third-order valence-electron chi connectivity index (χ3n) is 3.05. The Morgan fingerprint density at radius 3 is 2.57 bits per heavy atom. The molecular formula is C17H21NO5. The molecule has 6 heteroatoms. The number of ether oxygens (including phenoxy) is 3. The molecule has 6 nitrogen and oxygen atoms in total. The first-order valence-electron chi connectivity index (χ1n) is 7.37. The van der Waals surface area contributed by atoms with E-state index in [4.69, 9.17) is 9.47 Å². The molecule has 0 aromatic rings. The minimum Gasteiger partial charge on any atom is -0.463 e. The summed E-state index contributed by atoms with van der Waals surface area (Å²) in [5.74, 6) is -0.287. The van der Waals surface area contributed by atoms with Gasteiger partial charge in [-0.1, -0.05) is 18.2 Å². The van der Waals surface area contributed by atoms with Crippen LogP contribution in [-0.2, 0) is 19.0 Å². The van der Waals surface area contributed by atoms with E-state index in [0.717, 1.165) is 18.4 Å². The lowest BCUT2D eigenvalue weighted by Gasteiger charge is -2.27. The standard InChI is InChI=1S/C17H21NO5/c1-17(2,3)23-16(20)18-10-13(12-8-6-5-7-9-12)22-14(11-18)15(19)21-4/h5-6,8,10-11H,7,9H2,1-4H3. The van der Waals surface area contributed by atoms with Crippen molar-refractivity contribution in [2.24, 2.45) is 0 Å². The molecule has 0 aromatic carbocycles. The molecular weight excluding hydrogens is 298 g/mol. The van der Waals surface area contributed by atoms with Crippen LogP contribution in [0, 0.1) is 0 Å². The van der Waals surface area contributed by atoms with Crippen LogP contribution in [0.1, 0.15) is 33.6 Å². The van der Waals surface area contributed by atoms with Crippen LogP contribution in [0.2, 0.25) is 0 Å². The molecule has 2 aliphatic rings. The normalized spacial score (nSPS) is 17.6. The molecule has 0 saturated carbocycles. The van der Waals surface area contributed by atoms with Gasteiger partial charge in [0.2, 0.25) is 5.76 Å². The van der Waals surface area contributed by atoms with Gasteiger partial charge in [0.1, 0.15) is 11.4 Å². The smallest absolute Gasteiger partial charge is 0.418 e. The predicted molar refractivity (Wildman–Crippen MR) is 83.8 cm³/mol. The van der Waals surface area contributed by atoms with Gasteiger partial charge in [0.25, 0.3) is 0 Å². The van der Waals surface area contributed by atoms with E-state index in [2.05, 4.69) is 4.74 Å². The Morgan fingerprint density at radius 2 is 2.00 bits per heavy atom. The van der Waals surface area contributed by atoms with Crippen LogP contribution in [0.4, 0.5) is 4.79 Å². The second-order valence-corrected chi connectivity index (χ2v) is 6.13. The predicted octanol–water partition coefficient (Wildman–Crippen LogP) is 3.39. The zero-order valence-electron chi connectivity index (χ0n) is 13.8. The third-order valence-corrected chi connectivity index (χ3v) is 3.05. The van der Waals surface area contributed by atoms with Crippen LogP contribution in [0.3, 0.4) is 0 Å². The molecule has 1 heterocycles. The summed E-state index contributed by atoms with van der Waals surface area (Å²) in [6, 6.07) is 0. The van der Waals surface area contributed by atoms with Gasteiger partial charge in [0, 0.05) is 0 Å². The summed E-state index contributed by atoms with van der Waals surface area (Å²) in [6.07, 6.45) is 9.67. The Morgan fingerprint density at radius 1 is 1.26 bits per heavy atom. The van der Waals surface area contributed by atoms with Crippen LogP contribution < -0.4 is 0 Å². The zero-order valence-corrected chi connectivity index (χ0v) is 13.8. The van der Waals surface area contributed by atoms with E-state index in [-0.39, 0.29) is 5.76 Å². The van der Waals surface area contributed by atoms with E-state index in [1.807, 2.05) is 18.2 Å². The van der Waals surface area contributed by atoms with Gasteiger partial charge >= 0.3 is 12.1 Å². The van der Waals surface area contributed by atoms with E-state index < -0.39 is 17.7 Å². The van der Waals surface area contributed by atoms with Gasteiger partial charge in [0.05, 0.1) is 19.5 Å². The highest BCUT2D eigenvalue weighted by atomic mass is 16.6. The van der Waals surface area contributed by atoms with Crippen molar-refractivity contribution in [3.05, 3.63) is 47.7 Å². The molecule has 0 bridgehead atoms. The molecule has 0 radical (unpaired) electrons. The first-order chi connectivity index (χ1) is 10.8. The van der Waals surface area contributed by atoms with Gasteiger partial charge < -0.3 is 14.2 Å². The highest BCUT2D eigenvalue weighted by molar-refractivity contribution is 5.87. The number of nitrogens with zero attached hydrogens (tertiary/aromatic N) is 1. The maximum absolute atomic E-state index is 12.3. The molecule has 1 aliphatic heterocycles. The van der Waals surface area contributed by atoms with E-state index in [1.54, 1.807) is 20.8 Å². The molecule has 2 rings (SSSR count). The minimum atomic E-state index is -0.656. The molecule has 124 valence electrons. The van der Waals surface area contributed by atoms with Crippen LogP contribution in [0.15, 0.2) is 47.7 Å². The number of esters is 1. The first-order valence-corrected chi connectivity index (χ1v) is 7.37. The van der Waals surface area contributed by atoms with Crippen LogP contribution in [-0.4, -0.2) is 29.7 Å². The van der Waals surface area contributed by atoms with Crippen molar-refractivity contribution in [3.63, 3.8) is 0 Å². The van der Waals surface area contributed by atoms with E-state index in [1.165, 1.54) is 24.4 Å². The second kappa shape index (κ2) is 6.73. The number of carbonyl (C=O) groups is 2. The van der Waals surface area contributed by atoms with Crippen molar-refractivity contribution in [2.45, 2.75) is 39.2 Å². The Balaban J connectivity index is 2.30. The fourth-order valence-corrected chi connectivity index (χ4v) is 2.03. The van der Waals surface area contributed by atoms with E-state index in [0.29, 0.717) is 5.76 Å². The highest BCUT2D eigenvalue weighted by Crippen LogP contribution is 2.28. The summed E-state index contributed by atoms with van der Waals surface area (Å²) in [6.45, 7) is 5.32. The molecule has 1 aliphatic carbocycles. The summed E-state index contributed by atoms with van der Waals surface area (Å²) >= 11 is 0. The summed E-state index contributed by atoms with van der Waals surface area (Å²) in [4.78, 5) is 25.3. The first kappa shape index (κ1) is 16.9. The molecule has 0 atom stereocenters. The van der Waals surface area contributed by atoms with E-state index in [9.17, 15) is 9.59 Å². The van der Waals surface area contributed by atoms with Gasteiger partial charge in [-0.05, 0) is 39.2 Å². The minimum absolute atomic E-state index is 0.0636. The highest BCUT2D eigenvalue weighted by Gasteiger charge is 2.28. The number of allylic oxidation sites excluding steroid dienone is 4. The lowest BCUT2D eigenvalue weighted by molar-refractivity contribution is -0.139. The van der Waals surface area contributed by atoms with Crippen molar-refractivity contribution in [2.75, 3.05) is 7.11 Å². The van der Waals surface area contributed by atoms with Crippen molar-refractivity contribution in [1.82, 2.24) is 4.90 Å². The fourth-order valence-electron chi connectivity index (χ4n) is 2.03. The SMILES string of the molecule is COC(=O)C1=CN(C(=O)OC(C)(C)C)C=C(C2=CC=CCC2)O1. The summed E-state index contributed by atoms with van der Waals surface area (Å²) < 4.78 is 15.6. The van der Waals surface area contributed by atoms with Crippen LogP contribution in [0.5, 0.6) is 0 Å². The molecule has 0 spiro atoms. The lowest BCUT2D eigenvalue weighted by Crippen LogP contribution is -2.33. The van der Waals surface area contributed by atoms with Crippen molar-refractivity contribution < 1.29 is 23.8 Å². The number of hydrogen-bond acceptors (Lipinski definition) is 5. The zero-order chi connectivity index (χ0) is 17.0. The Hall–Kier alpha value is -2.50. The van der Waals surface area contributed by atoms with Gasteiger partial charge in [-0.2, -0.15) is 0 Å². The largest absolute Gasteiger partial charge is 0.463 e. The maximum atomic E-state index is 12.3. The van der Waals surface area contributed by atoms with Crippen LogP contribution >= 0.6 is 0 Å². The van der Waals surface area contributed by atoms with Crippen molar-refractivity contribution in [3.8, 4) is 0 Å². The molecule has 0 N–H and O–H groups in total. The molecule has 0 fully saturated rings. The molecule has 23 heavy (non-hydrogen) atoms. The maximum Gasteiger partial charge on any atom is 0.418 e. The summed E-state index contributed by atoms with van der Waals surface area (Å²) in [5.41, 5.74) is 0.255. The lowest BCUT2D eigenvalue weighted by atomic mass is 10.0. The second-order valence-electron chi connectivity index (χ2n) is 6.13. The molecule has 0 saturated heterocycles. The van der Waals surface area contributed by atoms with Gasteiger partial charge in [0.15, 0.2) is 0 Å². The molecule has 1 amide bonds. The van der Waals surface area contributed by atoms with E-state index >= 15 is 0 Å². The number of methoxy groups -OCH3 is 1. The average molecular weight is 319 g/mol. The molecule has 0 unspecified atom stereocenters. The fraction of sp³-hybridized carbons (Fsp3) is 0.412. The number of hydrogen-bond donors (Lipinski definition) is 0. The number of carbonyl (C=O) groups excluding carboxylic acids is 2. The summed E-state index contributed by atoms with van der Waals surface area (Å²) in [5, 5.41) is 0.